The van der Waals surface area contributed by atoms with E-state index in [2.05, 4.69) is 26.8 Å². The van der Waals surface area contributed by atoms with Crippen LogP contribution in [0, 0.1) is 0 Å². The second kappa shape index (κ2) is 5.20. The summed E-state index contributed by atoms with van der Waals surface area (Å²) in [5.41, 5.74) is 0.0594. The zero-order chi connectivity index (χ0) is 12.3. The van der Waals surface area contributed by atoms with Gasteiger partial charge in [0.2, 0.25) is 0 Å². The van der Waals surface area contributed by atoms with Crippen LogP contribution in [-0.4, -0.2) is 64.1 Å². The normalized spacial score (nSPS) is 18.2. The van der Waals surface area contributed by atoms with Gasteiger partial charge in [-0.15, -0.1) is 0 Å². The van der Waals surface area contributed by atoms with Gasteiger partial charge in [-0.3, -0.25) is 4.90 Å². The van der Waals surface area contributed by atoms with Gasteiger partial charge in [0, 0.05) is 32.4 Å². The summed E-state index contributed by atoms with van der Waals surface area (Å²) in [6, 6.07) is 1.41. The SMILES string of the molecule is CN1CCN(Cc2nccc(C(=O)O)n2)CC1. The summed E-state index contributed by atoms with van der Waals surface area (Å²) >= 11 is 0. The molecule has 0 bridgehead atoms. The Kier molecular flexibility index (Phi) is 3.65. The lowest BCUT2D eigenvalue weighted by Crippen LogP contribution is -2.44. The van der Waals surface area contributed by atoms with Crippen LogP contribution in [0.25, 0.3) is 0 Å². The van der Waals surface area contributed by atoms with Crippen molar-refractivity contribution >= 4 is 5.97 Å². The van der Waals surface area contributed by atoms with Crippen LogP contribution in [0.1, 0.15) is 16.3 Å². The topological polar surface area (TPSA) is 69.6 Å². The quantitative estimate of drug-likeness (QED) is 0.791. The molecule has 1 fully saturated rings. The van der Waals surface area contributed by atoms with E-state index in [1.54, 1.807) is 0 Å². The molecule has 1 N–H and O–H groups in total. The van der Waals surface area contributed by atoms with Gasteiger partial charge in [-0.25, -0.2) is 14.8 Å². The zero-order valence-corrected chi connectivity index (χ0v) is 9.83. The van der Waals surface area contributed by atoms with Gasteiger partial charge in [0.1, 0.15) is 5.82 Å². The van der Waals surface area contributed by atoms with Crippen LogP contribution >= 0.6 is 0 Å². The molecule has 0 radical (unpaired) electrons. The maximum absolute atomic E-state index is 10.8. The average molecular weight is 236 g/mol. The largest absolute Gasteiger partial charge is 0.477 e. The summed E-state index contributed by atoms with van der Waals surface area (Å²) in [4.78, 5) is 23.4. The summed E-state index contributed by atoms with van der Waals surface area (Å²) in [5, 5.41) is 8.84. The van der Waals surface area contributed by atoms with Crippen molar-refractivity contribution in [2.24, 2.45) is 0 Å². The molecule has 0 amide bonds. The van der Waals surface area contributed by atoms with Gasteiger partial charge >= 0.3 is 5.97 Å². The van der Waals surface area contributed by atoms with E-state index >= 15 is 0 Å². The fourth-order valence-electron chi connectivity index (χ4n) is 1.80. The molecule has 1 aromatic heterocycles. The Morgan fingerprint density at radius 3 is 2.76 bits per heavy atom. The number of aromatic carboxylic acids is 1. The molecule has 0 aliphatic carbocycles. The number of carbonyl (C=O) groups is 1. The van der Waals surface area contributed by atoms with Crippen LogP contribution in [0.2, 0.25) is 0 Å². The first kappa shape index (κ1) is 11.9. The zero-order valence-electron chi connectivity index (χ0n) is 9.83. The Morgan fingerprint density at radius 1 is 1.41 bits per heavy atom. The van der Waals surface area contributed by atoms with Crippen molar-refractivity contribution < 1.29 is 9.90 Å². The van der Waals surface area contributed by atoms with E-state index in [1.807, 2.05) is 0 Å². The number of hydrogen-bond acceptors (Lipinski definition) is 5. The predicted molar refractivity (Wildman–Crippen MR) is 61.8 cm³/mol. The smallest absolute Gasteiger partial charge is 0.354 e. The van der Waals surface area contributed by atoms with Crippen molar-refractivity contribution in [3.05, 3.63) is 23.8 Å². The molecule has 0 atom stereocenters. The van der Waals surface area contributed by atoms with Crippen LogP contribution < -0.4 is 0 Å². The maximum Gasteiger partial charge on any atom is 0.354 e. The first-order valence-corrected chi connectivity index (χ1v) is 5.61. The summed E-state index contributed by atoms with van der Waals surface area (Å²) in [5.74, 6) is -0.429. The van der Waals surface area contributed by atoms with Crippen molar-refractivity contribution in [3.8, 4) is 0 Å². The Hall–Kier alpha value is -1.53. The Balaban J connectivity index is 1.98. The molecule has 1 saturated heterocycles. The second-order valence-corrected chi connectivity index (χ2v) is 4.24. The molecule has 0 spiro atoms. The van der Waals surface area contributed by atoms with E-state index in [0.717, 1.165) is 26.2 Å². The molecule has 2 heterocycles. The van der Waals surface area contributed by atoms with Crippen molar-refractivity contribution in [1.29, 1.82) is 0 Å². The number of piperazine rings is 1. The van der Waals surface area contributed by atoms with Crippen LogP contribution in [-0.2, 0) is 6.54 Å². The van der Waals surface area contributed by atoms with E-state index in [0.29, 0.717) is 12.4 Å². The molecule has 1 aromatic rings. The Labute approximate surface area is 99.9 Å². The first-order valence-electron chi connectivity index (χ1n) is 5.61. The molecule has 2 rings (SSSR count). The van der Waals surface area contributed by atoms with E-state index < -0.39 is 5.97 Å². The van der Waals surface area contributed by atoms with Gasteiger partial charge in [0.25, 0.3) is 0 Å². The molecule has 1 aliphatic heterocycles. The standard InChI is InChI=1S/C11H16N4O2/c1-14-4-6-15(7-5-14)8-10-12-3-2-9(13-10)11(16)17/h2-3H,4-8H2,1H3,(H,16,17). The number of hydrogen-bond donors (Lipinski definition) is 1. The van der Waals surface area contributed by atoms with Gasteiger partial charge < -0.3 is 10.0 Å². The molecule has 92 valence electrons. The van der Waals surface area contributed by atoms with Gasteiger partial charge in [-0.05, 0) is 13.1 Å². The molecular formula is C11H16N4O2. The van der Waals surface area contributed by atoms with Gasteiger partial charge in [-0.2, -0.15) is 0 Å². The number of carboxylic acid groups (broad SMARTS) is 1. The molecule has 17 heavy (non-hydrogen) atoms. The van der Waals surface area contributed by atoms with Crippen LogP contribution in [0.4, 0.5) is 0 Å². The van der Waals surface area contributed by atoms with Gasteiger partial charge in [0.15, 0.2) is 5.69 Å². The lowest BCUT2D eigenvalue weighted by Gasteiger charge is -2.31. The van der Waals surface area contributed by atoms with Crippen LogP contribution in [0.3, 0.4) is 0 Å². The van der Waals surface area contributed by atoms with E-state index in [9.17, 15) is 4.79 Å². The van der Waals surface area contributed by atoms with Crippen LogP contribution in [0.15, 0.2) is 12.3 Å². The lowest BCUT2D eigenvalue weighted by atomic mass is 10.3. The van der Waals surface area contributed by atoms with E-state index in [-0.39, 0.29) is 5.69 Å². The Morgan fingerprint density at radius 2 is 2.12 bits per heavy atom. The van der Waals surface area contributed by atoms with E-state index in [1.165, 1.54) is 12.3 Å². The number of aromatic nitrogens is 2. The maximum atomic E-state index is 10.8. The molecule has 1 aliphatic rings. The highest BCUT2D eigenvalue weighted by molar-refractivity contribution is 5.85. The first-order chi connectivity index (χ1) is 8.15. The van der Waals surface area contributed by atoms with Gasteiger partial charge in [0.05, 0.1) is 6.54 Å². The average Bonchev–Trinajstić information content (AvgIpc) is 2.32. The molecule has 6 nitrogen and oxygen atoms in total. The third-order valence-electron chi connectivity index (χ3n) is 2.89. The second-order valence-electron chi connectivity index (χ2n) is 4.24. The number of carboxylic acids is 1. The fourth-order valence-corrected chi connectivity index (χ4v) is 1.80. The van der Waals surface area contributed by atoms with Crippen LogP contribution in [0.5, 0.6) is 0 Å². The van der Waals surface area contributed by atoms with E-state index in [4.69, 9.17) is 5.11 Å². The molecule has 6 heteroatoms. The minimum Gasteiger partial charge on any atom is -0.477 e. The summed E-state index contributed by atoms with van der Waals surface area (Å²) in [6.07, 6.45) is 1.50. The minimum absolute atomic E-state index is 0.0594. The third-order valence-corrected chi connectivity index (χ3v) is 2.89. The van der Waals surface area contributed by atoms with Crippen molar-refractivity contribution in [3.63, 3.8) is 0 Å². The molecule has 0 unspecified atom stereocenters. The summed E-state index contributed by atoms with van der Waals surface area (Å²) in [7, 11) is 2.10. The molecular weight excluding hydrogens is 220 g/mol. The Bertz CT molecular complexity index is 402. The predicted octanol–water partition coefficient (Wildman–Crippen LogP) is -0.0778. The molecule has 0 aromatic carbocycles. The highest BCUT2D eigenvalue weighted by Gasteiger charge is 2.15. The van der Waals surface area contributed by atoms with Crippen molar-refractivity contribution in [2.45, 2.75) is 6.54 Å². The monoisotopic (exact) mass is 236 g/mol. The van der Waals surface area contributed by atoms with Gasteiger partial charge in [-0.1, -0.05) is 0 Å². The van der Waals surface area contributed by atoms with Crippen molar-refractivity contribution in [1.82, 2.24) is 19.8 Å². The summed E-state index contributed by atoms with van der Waals surface area (Å²) < 4.78 is 0. The highest BCUT2D eigenvalue weighted by Crippen LogP contribution is 2.04. The number of rotatable bonds is 3. The summed E-state index contributed by atoms with van der Waals surface area (Å²) in [6.45, 7) is 4.61. The number of likely N-dealkylation sites (N-methyl/N-ethyl adjacent to an activating group) is 1. The van der Waals surface area contributed by atoms with Crippen molar-refractivity contribution in [2.75, 3.05) is 33.2 Å². The highest BCUT2D eigenvalue weighted by atomic mass is 16.4. The number of nitrogens with zero attached hydrogens (tertiary/aromatic N) is 4. The molecule has 0 saturated carbocycles. The minimum atomic E-state index is -1.01. The lowest BCUT2D eigenvalue weighted by molar-refractivity contribution is 0.0689. The third kappa shape index (κ3) is 3.21. The fraction of sp³-hybridized carbons (Fsp3) is 0.545.